The van der Waals surface area contributed by atoms with E-state index < -0.39 is 0 Å². The SMILES string of the molecule is O=C(CCC1CCCC1)N1CC[NH+](Cc2ccccc2)CC1. The van der Waals surface area contributed by atoms with Gasteiger partial charge >= 0.3 is 0 Å². The summed E-state index contributed by atoms with van der Waals surface area (Å²) in [5.74, 6) is 1.22. The van der Waals surface area contributed by atoms with Gasteiger partial charge in [0.2, 0.25) is 5.91 Å². The van der Waals surface area contributed by atoms with Crippen LogP contribution in [-0.2, 0) is 11.3 Å². The summed E-state index contributed by atoms with van der Waals surface area (Å²) in [5.41, 5.74) is 1.40. The molecule has 3 nitrogen and oxygen atoms in total. The topological polar surface area (TPSA) is 24.8 Å². The van der Waals surface area contributed by atoms with Crippen LogP contribution in [0.15, 0.2) is 30.3 Å². The third-order valence-corrected chi connectivity index (χ3v) is 5.36. The van der Waals surface area contributed by atoms with Gasteiger partial charge < -0.3 is 9.80 Å². The maximum Gasteiger partial charge on any atom is 0.222 e. The molecule has 1 amide bonds. The molecule has 1 aromatic rings. The normalized spacial score (nSPS) is 20.5. The van der Waals surface area contributed by atoms with Crippen molar-refractivity contribution >= 4 is 5.91 Å². The van der Waals surface area contributed by atoms with Gasteiger partial charge in [-0.25, -0.2) is 0 Å². The van der Waals surface area contributed by atoms with Crippen molar-refractivity contribution in [3.05, 3.63) is 35.9 Å². The van der Waals surface area contributed by atoms with Gasteiger partial charge in [0.1, 0.15) is 6.54 Å². The number of benzene rings is 1. The quantitative estimate of drug-likeness (QED) is 0.882. The van der Waals surface area contributed by atoms with Crippen molar-refractivity contribution in [1.29, 1.82) is 0 Å². The molecular weight excluding hydrogens is 272 g/mol. The molecule has 1 aliphatic heterocycles. The third kappa shape index (κ3) is 4.33. The summed E-state index contributed by atoms with van der Waals surface area (Å²) in [7, 11) is 0. The zero-order valence-electron chi connectivity index (χ0n) is 13.6. The van der Waals surface area contributed by atoms with Crippen LogP contribution in [0.2, 0.25) is 0 Å². The first kappa shape index (κ1) is 15.5. The molecule has 2 fully saturated rings. The van der Waals surface area contributed by atoms with Gasteiger partial charge in [-0.1, -0.05) is 56.0 Å². The molecule has 3 heteroatoms. The Labute approximate surface area is 134 Å². The minimum atomic E-state index is 0.394. The summed E-state index contributed by atoms with van der Waals surface area (Å²) in [6.45, 7) is 5.14. The molecule has 1 saturated carbocycles. The van der Waals surface area contributed by atoms with E-state index in [1.165, 1.54) is 31.2 Å². The molecule has 120 valence electrons. The first-order chi connectivity index (χ1) is 10.8. The van der Waals surface area contributed by atoms with Crippen LogP contribution in [0.3, 0.4) is 0 Å². The first-order valence-electron chi connectivity index (χ1n) is 8.96. The predicted octanol–water partition coefficient (Wildman–Crippen LogP) is 1.88. The van der Waals surface area contributed by atoms with Gasteiger partial charge in [-0.05, 0) is 12.3 Å². The fourth-order valence-electron chi connectivity index (χ4n) is 3.92. The van der Waals surface area contributed by atoms with Gasteiger partial charge in [-0.3, -0.25) is 4.79 Å². The van der Waals surface area contributed by atoms with Crippen LogP contribution in [0.4, 0.5) is 0 Å². The molecule has 1 N–H and O–H groups in total. The number of quaternary nitrogens is 1. The lowest BCUT2D eigenvalue weighted by atomic mass is 10.0. The summed E-state index contributed by atoms with van der Waals surface area (Å²) in [5, 5.41) is 0. The maximum atomic E-state index is 12.3. The van der Waals surface area contributed by atoms with Crippen molar-refractivity contribution in [1.82, 2.24) is 4.90 Å². The number of hydrogen-bond donors (Lipinski definition) is 1. The second kappa shape index (κ2) is 7.77. The summed E-state index contributed by atoms with van der Waals surface area (Å²) in [4.78, 5) is 16.0. The third-order valence-electron chi connectivity index (χ3n) is 5.36. The highest BCUT2D eigenvalue weighted by Crippen LogP contribution is 2.28. The molecule has 22 heavy (non-hydrogen) atoms. The largest absolute Gasteiger partial charge is 0.331 e. The number of carbonyl (C=O) groups excluding carboxylic acids is 1. The average Bonchev–Trinajstić information content (AvgIpc) is 3.08. The second-order valence-electron chi connectivity index (χ2n) is 6.98. The van der Waals surface area contributed by atoms with Crippen molar-refractivity contribution in [2.24, 2.45) is 5.92 Å². The summed E-state index contributed by atoms with van der Waals surface area (Å²) in [6, 6.07) is 10.7. The first-order valence-corrected chi connectivity index (χ1v) is 8.96. The molecule has 3 rings (SSSR count). The highest BCUT2D eigenvalue weighted by atomic mass is 16.2. The van der Waals surface area contributed by atoms with Gasteiger partial charge in [0.15, 0.2) is 0 Å². The second-order valence-corrected chi connectivity index (χ2v) is 6.98. The predicted molar refractivity (Wildman–Crippen MR) is 88.6 cm³/mol. The van der Waals surface area contributed by atoms with Crippen molar-refractivity contribution in [2.45, 2.75) is 45.1 Å². The number of piperazine rings is 1. The lowest BCUT2D eigenvalue weighted by Gasteiger charge is -2.32. The molecular formula is C19H29N2O+. The van der Waals surface area contributed by atoms with E-state index in [4.69, 9.17) is 0 Å². The maximum absolute atomic E-state index is 12.3. The Morgan fingerprint density at radius 2 is 1.77 bits per heavy atom. The monoisotopic (exact) mass is 301 g/mol. The smallest absolute Gasteiger partial charge is 0.222 e. The van der Waals surface area contributed by atoms with Crippen LogP contribution in [0, 0.1) is 5.92 Å². The van der Waals surface area contributed by atoms with Gasteiger partial charge in [-0.2, -0.15) is 0 Å². The van der Waals surface area contributed by atoms with E-state index in [9.17, 15) is 4.79 Å². The summed E-state index contributed by atoms with van der Waals surface area (Å²) < 4.78 is 0. The van der Waals surface area contributed by atoms with Crippen LogP contribution in [0.1, 0.15) is 44.1 Å². The fraction of sp³-hybridized carbons (Fsp3) is 0.632. The molecule has 0 spiro atoms. The Bertz CT molecular complexity index is 460. The van der Waals surface area contributed by atoms with Crippen molar-refractivity contribution in [3.8, 4) is 0 Å². The lowest BCUT2D eigenvalue weighted by Crippen LogP contribution is -3.13. The van der Waals surface area contributed by atoms with E-state index in [1.54, 1.807) is 4.90 Å². The molecule has 0 aromatic heterocycles. The lowest BCUT2D eigenvalue weighted by molar-refractivity contribution is -0.917. The standard InChI is InChI=1S/C19H28N2O/c22-19(11-10-17-6-4-5-7-17)21-14-12-20(13-15-21)16-18-8-2-1-3-9-18/h1-3,8-9,17H,4-7,10-16H2/p+1. The molecule has 2 aliphatic rings. The van der Waals surface area contributed by atoms with E-state index in [1.807, 2.05) is 0 Å². The Balaban J connectivity index is 1.38. The molecule has 0 bridgehead atoms. The van der Waals surface area contributed by atoms with Gasteiger partial charge in [0.05, 0.1) is 26.2 Å². The van der Waals surface area contributed by atoms with E-state index >= 15 is 0 Å². The van der Waals surface area contributed by atoms with E-state index in [0.717, 1.165) is 51.5 Å². The van der Waals surface area contributed by atoms with Gasteiger partial charge in [0.25, 0.3) is 0 Å². The van der Waals surface area contributed by atoms with Crippen LogP contribution >= 0.6 is 0 Å². The van der Waals surface area contributed by atoms with Crippen LogP contribution in [0.25, 0.3) is 0 Å². The molecule has 1 saturated heterocycles. The number of rotatable bonds is 5. The Morgan fingerprint density at radius 1 is 1.09 bits per heavy atom. The number of amides is 1. The van der Waals surface area contributed by atoms with Crippen LogP contribution < -0.4 is 4.90 Å². The minimum Gasteiger partial charge on any atom is -0.331 e. The van der Waals surface area contributed by atoms with Gasteiger partial charge in [-0.15, -0.1) is 0 Å². The summed E-state index contributed by atoms with van der Waals surface area (Å²) in [6.07, 6.45) is 7.35. The average molecular weight is 301 g/mol. The molecule has 1 heterocycles. The minimum absolute atomic E-state index is 0.394. The Morgan fingerprint density at radius 3 is 2.45 bits per heavy atom. The summed E-state index contributed by atoms with van der Waals surface area (Å²) >= 11 is 0. The number of nitrogens with zero attached hydrogens (tertiary/aromatic N) is 1. The van der Waals surface area contributed by atoms with Crippen molar-refractivity contribution in [2.75, 3.05) is 26.2 Å². The fourth-order valence-corrected chi connectivity index (χ4v) is 3.92. The number of hydrogen-bond acceptors (Lipinski definition) is 1. The zero-order valence-corrected chi connectivity index (χ0v) is 13.6. The van der Waals surface area contributed by atoms with Crippen LogP contribution in [0.5, 0.6) is 0 Å². The molecule has 0 unspecified atom stereocenters. The van der Waals surface area contributed by atoms with E-state index in [0.29, 0.717) is 5.91 Å². The van der Waals surface area contributed by atoms with Crippen molar-refractivity contribution in [3.63, 3.8) is 0 Å². The Hall–Kier alpha value is -1.35. The number of carbonyl (C=O) groups is 1. The highest BCUT2D eigenvalue weighted by molar-refractivity contribution is 5.76. The van der Waals surface area contributed by atoms with E-state index in [-0.39, 0.29) is 0 Å². The van der Waals surface area contributed by atoms with Gasteiger partial charge in [0, 0.05) is 12.0 Å². The van der Waals surface area contributed by atoms with E-state index in [2.05, 4.69) is 35.2 Å². The molecule has 1 aromatic carbocycles. The highest BCUT2D eigenvalue weighted by Gasteiger charge is 2.24. The van der Waals surface area contributed by atoms with Crippen LogP contribution in [-0.4, -0.2) is 37.0 Å². The number of nitrogens with one attached hydrogen (secondary N) is 1. The molecule has 1 aliphatic carbocycles. The molecule has 0 radical (unpaired) electrons. The molecule has 0 atom stereocenters. The van der Waals surface area contributed by atoms with Crippen molar-refractivity contribution < 1.29 is 9.69 Å². The Kier molecular flexibility index (Phi) is 5.49. The zero-order chi connectivity index (χ0) is 15.2.